The van der Waals surface area contributed by atoms with Crippen LogP contribution in [0.1, 0.15) is 6.42 Å². The molecule has 1 N–H and O–H groups in total. The van der Waals surface area contributed by atoms with Gasteiger partial charge in [-0.2, -0.15) is 5.10 Å². The lowest BCUT2D eigenvalue weighted by molar-refractivity contribution is -0.119. The standard InChI is InChI=1S/C24H24N6O4/c1-33-11-10-30-22(31)13-19(14-26-30)29-9-6-17(15-29)23(32)27-18-2-3-21-20(12-18)28-24(34-21)16-4-7-25-8-5-16/h2-5,7-8,12-14,17H,6,9-11,15H2,1H3,(H,27,32). The second-order valence-electron chi connectivity index (χ2n) is 8.13. The number of benzene rings is 1. The van der Waals surface area contributed by atoms with Crippen LogP contribution >= 0.6 is 0 Å². The summed E-state index contributed by atoms with van der Waals surface area (Å²) in [5.74, 6) is 0.238. The van der Waals surface area contributed by atoms with E-state index in [-0.39, 0.29) is 17.4 Å². The Morgan fingerprint density at radius 3 is 2.88 bits per heavy atom. The number of aromatic nitrogens is 4. The number of hydrogen-bond acceptors (Lipinski definition) is 8. The number of nitrogens with one attached hydrogen (secondary N) is 1. The third-order valence-electron chi connectivity index (χ3n) is 5.87. The predicted molar refractivity (Wildman–Crippen MR) is 127 cm³/mol. The molecule has 0 bridgehead atoms. The van der Waals surface area contributed by atoms with Crippen LogP contribution < -0.4 is 15.8 Å². The minimum absolute atomic E-state index is 0.0684. The van der Waals surface area contributed by atoms with E-state index in [1.54, 1.807) is 50.0 Å². The van der Waals surface area contributed by atoms with Gasteiger partial charge in [0.15, 0.2) is 5.58 Å². The van der Waals surface area contributed by atoms with E-state index in [1.165, 1.54) is 4.68 Å². The summed E-state index contributed by atoms with van der Waals surface area (Å²) in [6, 6.07) is 10.6. The molecule has 0 spiro atoms. The van der Waals surface area contributed by atoms with Gasteiger partial charge in [-0.3, -0.25) is 14.6 Å². The van der Waals surface area contributed by atoms with Crippen LogP contribution in [0.2, 0.25) is 0 Å². The summed E-state index contributed by atoms with van der Waals surface area (Å²) < 4.78 is 12.2. The molecule has 10 nitrogen and oxygen atoms in total. The molecule has 1 aromatic carbocycles. The number of nitrogens with zero attached hydrogens (tertiary/aromatic N) is 5. The van der Waals surface area contributed by atoms with E-state index in [0.717, 1.165) is 11.3 Å². The van der Waals surface area contributed by atoms with Gasteiger partial charge < -0.3 is 19.4 Å². The van der Waals surface area contributed by atoms with Crippen LogP contribution in [0.25, 0.3) is 22.6 Å². The van der Waals surface area contributed by atoms with E-state index in [9.17, 15) is 9.59 Å². The Balaban J connectivity index is 1.24. The fraction of sp³-hybridized carbons (Fsp3) is 0.292. The highest BCUT2D eigenvalue weighted by Gasteiger charge is 2.29. The molecule has 174 valence electrons. The zero-order valence-electron chi connectivity index (χ0n) is 18.7. The summed E-state index contributed by atoms with van der Waals surface area (Å²) in [5, 5.41) is 7.20. The minimum Gasteiger partial charge on any atom is -0.436 e. The maximum absolute atomic E-state index is 12.9. The number of hydrogen-bond donors (Lipinski definition) is 1. The highest BCUT2D eigenvalue weighted by molar-refractivity contribution is 5.95. The van der Waals surface area contributed by atoms with Gasteiger partial charge in [0.1, 0.15) is 5.52 Å². The number of rotatable bonds is 7. The monoisotopic (exact) mass is 460 g/mol. The second kappa shape index (κ2) is 9.44. The summed E-state index contributed by atoms with van der Waals surface area (Å²) in [6.07, 6.45) is 5.72. The number of methoxy groups -OCH3 is 1. The van der Waals surface area contributed by atoms with Crippen LogP contribution in [0.5, 0.6) is 0 Å². The maximum Gasteiger partial charge on any atom is 0.268 e. The van der Waals surface area contributed by atoms with Crippen LogP contribution in [-0.2, 0) is 16.1 Å². The molecule has 1 unspecified atom stereocenters. The third-order valence-corrected chi connectivity index (χ3v) is 5.87. The van der Waals surface area contributed by atoms with E-state index in [1.807, 2.05) is 17.0 Å². The smallest absolute Gasteiger partial charge is 0.268 e. The van der Waals surface area contributed by atoms with Gasteiger partial charge in [0.2, 0.25) is 11.8 Å². The Bertz CT molecular complexity index is 1370. The molecule has 1 aliphatic rings. The first-order valence-corrected chi connectivity index (χ1v) is 11.0. The van der Waals surface area contributed by atoms with Crippen LogP contribution in [0, 0.1) is 5.92 Å². The SMILES string of the molecule is COCCn1ncc(N2CCC(C(=O)Nc3ccc4oc(-c5ccncc5)nc4c3)C2)cc1=O. The van der Waals surface area contributed by atoms with Crippen molar-refractivity contribution < 1.29 is 13.9 Å². The largest absolute Gasteiger partial charge is 0.436 e. The van der Waals surface area contributed by atoms with Gasteiger partial charge >= 0.3 is 0 Å². The number of ether oxygens (including phenoxy) is 1. The Morgan fingerprint density at radius 2 is 2.09 bits per heavy atom. The predicted octanol–water partition coefficient (Wildman–Crippen LogP) is 2.56. The summed E-state index contributed by atoms with van der Waals surface area (Å²) in [5.41, 5.74) is 3.34. The molecule has 4 aromatic rings. The van der Waals surface area contributed by atoms with Crippen molar-refractivity contribution in [3.63, 3.8) is 0 Å². The lowest BCUT2D eigenvalue weighted by Gasteiger charge is -2.18. The number of carbonyl (C=O) groups excluding carboxylic acids is 1. The average molecular weight is 460 g/mol. The molecule has 0 aliphatic carbocycles. The fourth-order valence-electron chi connectivity index (χ4n) is 4.02. The first-order chi connectivity index (χ1) is 16.6. The number of anilines is 2. The third kappa shape index (κ3) is 4.53. The molecular formula is C24H24N6O4. The normalized spacial score (nSPS) is 15.7. The van der Waals surface area contributed by atoms with Gasteiger partial charge in [-0.15, -0.1) is 0 Å². The van der Waals surface area contributed by atoms with Crippen molar-refractivity contribution in [3.05, 3.63) is 65.3 Å². The Labute approximate surface area is 195 Å². The molecule has 1 aliphatic heterocycles. The average Bonchev–Trinajstić information content (AvgIpc) is 3.51. The second-order valence-corrected chi connectivity index (χ2v) is 8.13. The molecule has 10 heteroatoms. The molecular weight excluding hydrogens is 436 g/mol. The highest BCUT2D eigenvalue weighted by atomic mass is 16.5. The van der Waals surface area contributed by atoms with Crippen molar-refractivity contribution in [2.24, 2.45) is 5.92 Å². The zero-order valence-corrected chi connectivity index (χ0v) is 18.7. The van der Waals surface area contributed by atoms with Gasteiger partial charge in [-0.25, -0.2) is 9.67 Å². The molecule has 1 atom stereocenters. The van der Waals surface area contributed by atoms with E-state index in [0.29, 0.717) is 55.3 Å². The number of oxazole rings is 1. The van der Waals surface area contributed by atoms with Crippen molar-refractivity contribution in [3.8, 4) is 11.5 Å². The summed E-state index contributed by atoms with van der Waals surface area (Å²) in [6.45, 7) is 2.02. The summed E-state index contributed by atoms with van der Waals surface area (Å²) in [7, 11) is 1.58. The summed E-state index contributed by atoms with van der Waals surface area (Å²) in [4.78, 5) is 35.7. The first-order valence-electron chi connectivity index (χ1n) is 11.0. The van der Waals surface area contributed by atoms with Crippen LogP contribution in [0.3, 0.4) is 0 Å². The number of pyridine rings is 1. The Kier molecular flexibility index (Phi) is 6.05. The van der Waals surface area contributed by atoms with Crippen molar-refractivity contribution in [1.29, 1.82) is 0 Å². The molecule has 1 amide bonds. The molecule has 4 heterocycles. The van der Waals surface area contributed by atoms with Crippen molar-refractivity contribution in [1.82, 2.24) is 19.7 Å². The molecule has 0 saturated carbocycles. The zero-order chi connectivity index (χ0) is 23.5. The van der Waals surface area contributed by atoms with Crippen molar-refractivity contribution >= 4 is 28.4 Å². The Hall–Kier alpha value is -4.05. The topological polar surface area (TPSA) is 115 Å². The Morgan fingerprint density at radius 1 is 1.24 bits per heavy atom. The molecule has 0 radical (unpaired) electrons. The van der Waals surface area contributed by atoms with Crippen LogP contribution in [0.4, 0.5) is 11.4 Å². The van der Waals surface area contributed by atoms with Gasteiger partial charge in [-0.1, -0.05) is 0 Å². The van der Waals surface area contributed by atoms with Gasteiger partial charge in [0, 0.05) is 49.9 Å². The lowest BCUT2D eigenvalue weighted by Crippen LogP contribution is -2.29. The maximum atomic E-state index is 12.9. The fourth-order valence-corrected chi connectivity index (χ4v) is 4.02. The van der Waals surface area contributed by atoms with E-state index >= 15 is 0 Å². The van der Waals surface area contributed by atoms with Crippen molar-refractivity contribution in [2.45, 2.75) is 13.0 Å². The molecule has 34 heavy (non-hydrogen) atoms. The van der Waals surface area contributed by atoms with Gasteiger partial charge in [-0.05, 0) is 36.8 Å². The van der Waals surface area contributed by atoms with Crippen LogP contribution in [-0.4, -0.2) is 52.5 Å². The molecule has 5 rings (SSSR count). The van der Waals surface area contributed by atoms with E-state index < -0.39 is 0 Å². The molecule has 1 fully saturated rings. The highest BCUT2D eigenvalue weighted by Crippen LogP contribution is 2.27. The molecule has 3 aromatic heterocycles. The molecule has 1 saturated heterocycles. The van der Waals surface area contributed by atoms with Gasteiger partial charge in [0.25, 0.3) is 5.56 Å². The number of amides is 1. The minimum atomic E-state index is -0.198. The van der Waals surface area contributed by atoms with Crippen molar-refractivity contribution in [2.75, 3.05) is 37.0 Å². The van der Waals surface area contributed by atoms with E-state index in [2.05, 4.69) is 20.4 Å². The quantitative estimate of drug-likeness (QED) is 0.447. The number of carbonyl (C=O) groups is 1. The lowest BCUT2D eigenvalue weighted by atomic mass is 10.1. The van der Waals surface area contributed by atoms with E-state index in [4.69, 9.17) is 9.15 Å². The summed E-state index contributed by atoms with van der Waals surface area (Å²) >= 11 is 0. The van der Waals surface area contributed by atoms with Gasteiger partial charge in [0.05, 0.1) is 31.0 Å². The van der Waals surface area contributed by atoms with Crippen LogP contribution in [0.15, 0.2) is 64.2 Å². The number of fused-ring (bicyclic) bond motifs is 1. The first kappa shape index (κ1) is 21.8.